The van der Waals surface area contributed by atoms with Crippen LogP contribution in [0.15, 0.2) is 0 Å². The van der Waals surface area contributed by atoms with Gasteiger partial charge in [-0.2, -0.15) is 10.5 Å². The third-order valence-electron chi connectivity index (χ3n) is 5.99. The fourth-order valence-electron chi connectivity index (χ4n) is 4.60. The molecule has 2 atom stereocenters. The maximum atomic E-state index is 9.90. The minimum Gasteiger partial charge on any atom is -0.393 e. The van der Waals surface area contributed by atoms with Crippen LogP contribution in [-0.2, 0) is 0 Å². The van der Waals surface area contributed by atoms with Crippen molar-refractivity contribution in [3.05, 3.63) is 0 Å². The molecule has 116 valence electrons. The van der Waals surface area contributed by atoms with Gasteiger partial charge in [-0.25, -0.2) is 0 Å². The van der Waals surface area contributed by atoms with Crippen molar-refractivity contribution in [2.75, 3.05) is 0 Å². The normalized spacial score (nSPS) is 36.5. The topological polar surface area (TPSA) is 88.0 Å². The third kappa shape index (κ3) is 2.93. The van der Waals surface area contributed by atoms with E-state index in [4.69, 9.17) is 0 Å². The van der Waals surface area contributed by atoms with Gasteiger partial charge in [0.1, 0.15) is 5.41 Å². The average Bonchev–Trinajstić information content (AvgIpc) is 2.47. The van der Waals surface area contributed by atoms with E-state index < -0.39 is 11.5 Å². The van der Waals surface area contributed by atoms with Gasteiger partial charge in [-0.15, -0.1) is 0 Å². The van der Waals surface area contributed by atoms with E-state index in [0.29, 0.717) is 12.3 Å². The molecule has 0 bridgehead atoms. The van der Waals surface area contributed by atoms with Gasteiger partial charge >= 0.3 is 0 Å². The van der Waals surface area contributed by atoms with Gasteiger partial charge in [0.15, 0.2) is 0 Å². The molecular formula is C17H26N2O2. The zero-order valence-corrected chi connectivity index (χ0v) is 13.0. The summed E-state index contributed by atoms with van der Waals surface area (Å²) in [6.45, 7) is 4.34. The second-order valence-electron chi connectivity index (χ2n) is 7.51. The number of hydrogen-bond donors (Lipinski definition) is 2. The molecule has 2 aliphatic rings. The predicted molar refractivity (Wildman–Crippen MR) is 78.8 cm³/mol. The molecule has 0 radical (unpaired) electrons. The SMILES string of the molecule is CC(C)(C1CCC(O)CC1)C1CCC(O)CC1(C#N)C#N. The summed E-state index contributed by atoms with van der Waals surface area (Å²) < 4.78 is 0. The molecule has 0 spiro atoms. The van der Waals surface area contributed by atoms with Crippen molar-refractivity contribution < 1.29 is 10.2 Å². The molecular weight excluding hydrogens is 264 g/mol. The summed E-state index contributed by atoms with van der Waals surface area (Å²) in [7, 11) is 0. The molecule has 21 heavy (non-hydrogen) atoms. The summed E-state index contributed by atoms with van der Waals surface area (Å²) in [4.78, 5) is 0. The highest BCUT2D eigenvalue weighted by Crippen LogP contribution is 2.55. The fraction of sp³-hybridized carbons (Fsp3) is 0.882. The number of aliphatic hydroxyl groups is 2. The van der Waals surface area contributed by atoms with E-state index in [0.717, 1.165) is 32.1 Å². The van der Waals surface area contributed by atoms with E-state index in [9.17, 15) is 20.7 Å². The Hall–Kier alpha value is -1.10. The second kappa shape index (κ2) is 5.95. The molecule has 2 rings (SSSR count). The summed E-state index contributed by atoms with van der Waals surface area (Å²) in [6.07, 6.45) is 4.49. The molecule has 0 aromatic heterocycles. The Labute approximate surface area is 127 Å². The van der Waals surface area contributed by atoms with E-state index in [1.54, 1.807) is 0 Å². The lowest BCUT2D eigenvalue weighted by molar-refractivity contribution is -0.0370. The number of nitriles is 2. The molecule has 0 aliphatic heterocycles. The van der Waals surface area contributed by atoms with Crippen LogP contribution in [0.25, 0.3) is 0 Å². The monoisotopic (exact) mass is 290 g/mol. The number of rotatable bonds is 2. The first-order chi connectivity index (χ1) is 9.85. The lowest BCUT2D eigenvalue weighted by atomic mass is 9.52. The fourth-order valence-corrected chi connectivity index (χ4v) is 4.60. The summed E-state index contributed by atoms with van der Waals surface area (Å²) in [6, 6.07) is 4.46. The Balaban J connectivity index is 2.25. The van der Waals surface area contributed by atoms with Crippen LogP contribution >= 0.6 is 0 Å². The molecule has 4 heteroatoms. The largest absolute Gasteiger partial charge is 0.393 e. The van der Waals surface area contributed by atoms with Crippen LogP contribution in [0.5, 0.6) is 0 Å². The molecule has 4 nitrogen and oxygen atoms in total. The maximum absolute atomic E-state index is 9.90. The van der Waals surface area contributed by atoms with Crippen LogP contribution in [0.3, 0.4) is 0 Å². The third-order valence-corrected chi connectivity index (χ3v) is 5.99. The van der Waals surface area contributed by atoms with Gasteiger partial charge in [-0.1, -0.05) is 13.8 Å². The Morgan fingerprint density at radius 2 is 1.43 bits per heavy atom. The standard InChI is InChI=1S/C17H26N2O2/c1-16(2,12-3-5-13(20)6-4-12)15-8-7-14(21)9-17(15,10-18)11-19/h12-15,20-21H,3-9H2,1-2H3. The van der Waals surface area contributed by atoms with Crippen LogP contribution in [0.2, 0.25) is 0 Å². The Morgan fingerprint density at radius 1 is 0.905 bits per heavy atom. The van der Waals surface area contributed by atoms with Gasteiger partial charge < -0.3 is 10.2 Å². The zero-order valence-electron chi connectivity index (χ0n) is 13.0. The molecule has 2 aliphatic carbocycles. The molecule has 2 fully saturated rings. The van der Waals surface area contributed by atoms with E-state index >= 15 is 0 Å². The Kier molecular flexibility index (Phi) is 4.61. The molecule has 0 aromatic rings. The number of aliphatic hydroxyl groups excluding tert-OH is 2. The highest BCUT2D eigenvalue weighted by atomic mass is 16.3. The lowest BCUT2D eigenvalue weighted by Crippen LogP contribution is -2.48. The zero-order chi connectivity index (χ0) is 15.7. The minimum atomic E-state index is -1.07. The molecule has 2 saturated carbocycles. The van der Waals surface area contributed by atoms with E-state index in [2.05, 4.69) is 26.0 Å². The Bertz CT molecular complexity index is 438. The van der Waals surface area contributed by atoms with Crippen LogP contribution in [0.4, 0.5) is 0 Å². The second-order valence-corrected chi connectivity index (χ2v) is 7.51. The van der Waals surface area contributed by atoms with Crippen molar-refractivity contribution in [2.24, 2.45) is 22.7 Å². The first-order valence-electron chi connectivity index (χ1n) is 8.04. The van der Waals surface area contributed by atoms with Crippen molar-refractivity contribution in [3.8, 4) is 12.1 Å². The minimum absolute atomic E-state index is 0.0105. The number of hydrogen-bond acceptors (Lipinski definition) is 4. The first-order valence-corrected chi connectivity index (χ1v) is 8.04. The predicted octanol–water partition coefficient (Wildman–Crippen LogP) is 2.76. The van der Waals surface area contributed by atoms with Gasteiger partial charge in [-0.3, -0.25) is 0 Å². The first kappa shape index (κ1) is 16.3. The van der Waals surface area contributed by atoms with Crippen molar-refractivity contribution in [2.45, 2.75) is 71.0 Å². The molecule has 0 amide bonds. The summed E-state index contributed by atoms with van der Waals surface area (Å²) in [5.74, 6) is 0.422. The van der Waals surface area contributed by atoms with Crippen LogP contribution in [0.1, 0.15) is 58.8 Å². The highest BCUT2D eigenvalue weighted by Gasteiger charge is 2.53. The van der Waals surface area contributed by atoms with Crippen LogP contribution in [-0.4, -0.2) is 22.4 Å². The summed E-state index contributed by atoms with van der Waals surface area (Å²) >= 11 is 0. The molecule has 0 saturated heterocycles. The molecule has 2 unspecified atom stereocenters. The van der Waals surface area contributed by atoms with Gasteiger partial charge in [0.05, 0.1) is 24.3 Å². The van der Waals surface area contributed by atoms with E-state index in [-0.39, 0.29) is 23.9 Å². The molecule has 0 aromatic carbocycles. The molecule has 0 heterocycles. The smallest absolute Gasteiger partial charge is 0.149 e. The van der Waals surface area contributed by atoms with Crippen LogP contribution < -0.4 is 0 Å². The van der Waals surface area contributed by atoms with Gasteiger partial charge in [0.2, 0.25) is 0 Å². The van der Waals surface area contributed by atoms with Gasteiger partial charge in [0.25, 0.3) is 0 Å². The number of nitrogens with zero attached hydrogens (tertiary/aromatic N) is 2. The lowest BCUT2D eigenvalue weighted by Gasteiger charge is -2.50. The highest BCUT2D eigenvalue weighted by molar-refractivity contribution is 5.21. The van der Waals surface area contributed by atoms with Crippen LogP contribution in [0, 0.1) is 45.3 Å². The quantitative estimate of drug-likeness (QED) is 0.818. The van der Waals surface area contributed by atoms with Crippen molar-refractivity contribution in [3.63, 3.8) is 0 Å². The van der Waals surface area contributed by atoms with Crippen molar-refractivity contribution in [1.82, 2.24) is 0 Å². The van der Waals surface area contributed by atoms with Gasteiger partial charge in [-0.05, 0) is 55.8 Å². The summed E-state index contributed by atoms with van der Waals surface area (Å²) in [5, 5.41) is 38.8. The molecule has 2 N–H and O–H groups in total. The van der Waals surface area contributed by atoms with Gasteiger partial charge in [0, 0.05) is 6.42 Å². The maximum Gasteiger partial charge on any atom is 0.149 e. The van der Waals surface area contributed by atoms with Crippen molar-refractivity contribution in [1.29, 1.82) is 10.5 Å². The van der Waals surface area contributed by atoms with E-state index in [1.165, 1.54) is 0 Å². The Morgan fingerprint density at radius 3 is 1.95 bits per heavy atom. The average molecular weight is 290 g/mol. The summed E-state index contributed by atoms with van der Waals surface area (Å²) in [5.41, 5.74) is -1.19. The van der Waals surface area contributed by atoms with Crippen molar-refractivity contribution >= 4 is 0 Å². The van der Waals surface area contributed by atoms with E-state index in [1.807, 2.05) is 0 Å².